The zero-order valence-corrected chi connectivity index (χ0v) is 17.7. The number of carbonyl (C=O) groups excluding carboxylic acids is 3. The van der Waals surface area contributed by atoms with Crippen molar-refractivity contribution in [2.45, 2.75) is 13.1 Å². The van der Waals surface area contributed by atoms with Crippen LogP contribution in [-0.4, -0.2) is 83.1 Å². The van der Waals surface area contributed by atoms with E-state index >= 15 is 0 Å². The van der Waals surface area contributed by atoms with Gasteiger partial charge in [-0.25, -0.2) is 0 Å². The first kappa shape index (κ1) is 21.1. The molecule has 0 atom stereocenters. The van der Waals surface area contributed by atoms with Crippen molar-refractivity contribution in [3.8, 4) is 0 Å². The van der Waals surface area contributed by atoms with Gasteiger partial charge in [0.2, 0.25) is 5.91 Å². The lowest BCUT2D eigenvalue weighted by atomic mass is 10.2. The van der Waals surface area contributed by atoms with E-state index in [4.69, 9.17) is 0 Å². The Morgan fingerprint density at radius 1 is 0.645 bits per heavy atom. The molecule has 7 heteroatoms. The van der Waals surface area contributed by atoms with Crippen LogP contribution >= 0.6 is 0 Å². The molecule has 162 valence electrons. The predicted octanol–water partition coefficient (Wildman–Crippen LogP) is 1.20. The van der Waals surface area contributed by atoms with Crippen LogP contribution in [0, 0.1) is 0 Å². The molecule has 2 saturated heterocycles. The summed E-state index contributed by atoms with van der Waals surface area (Å²) in [6.45, 7) is 4.98. The maximum Gasteiger partial charge on any atom is 0.312 e. The van der Waals surface area contributed by atoms with Gasteiger partial charge in [-0.05, 0) is 11.1 Å². The third-order valence-corrected chi connectivity index (χ3v) is 5.91. The molecular formula is C24H28N4O3. The Kier molecular flexibility index (Phi) is 6.62. The van der Waals surface area contributed by atoms with Gasteiger partial charge in [-0.1, -0.05) is 60.7 Å². The minimum absolute atomic E-state index is 0.0254. The minimum Gasteiger partial charge on any atom is -0.339 e. The van der Waals surface area contributed by atoms with E-state index < -0.39 is 11.8 Å². The van der Waals surface area contributed by atoms with Crippen molar-refractivity contribution in [1.82, 2.24) is 19.6 Å². The smallest absolute Gasteiger partial charge is 0.312 e. The molecule has 2 aromatic rings. The molecule has 2 aliphatic heterocycles. The van der Waals surface area contributed by atoms with E-state index in [0.717, 1.165) is 25.2 Å². The number of nitrogens with zero attached hydrogens (tertiary/aromatic N) is 4. The Morgan fingerprint density at radius 2 is 1.16 bits per heavy atom. The summed E-state index contributed by atoms with van der Waals surface area (Å²) < 4.78 is 0. The SMILES string of the molecule is O=C(CN1CCN(Cc2ccccc2)C(=O)C1=O)N1CCN(Cc2ccccc2)CC1. The molecule has 7 nitrogen and oxygen atoms in total. The normalized spacial score (nSPS) is 17.9. The zero-order valence-electron chi connectivity index (χ0n) is 17.7. The van der Waals surface area contributed by atoms with E-state index in [1.54, 1.807) is 9.80 Å². The van der Waals surface area contributed by atoms with Crippen LogP contribution in [0.4, 0.5) is 0 Å². The fourth-order valence-electron chi connectivity index (χ4n) is 4.08. The molecule has 2 aliphatic rings. The van der Waals surface area contributed by atoms with Gasteiger partial charge in [-0.2, -0.15) is 0 Å². The van der Waals surface area contributed by atoms with Crippen LogP contribution in [0.3, 0.4) is 0 Å². The lowest BCUT2D eigenvalue weighted by Gasteiger charge is -2.37. The monoisotopic (exact) mass is 420 g/mol. The van der Waals surface area contributed by atoms with E-state index in [9.17, 15) is 14.4 Å². The first-order valence-electron chi connectivity index (χ1n) is 10.8. The Morgan fingerprint density at radius 3 is 1.77 bits per heavy atom. The first-order valence-corrected chi connectivity index (χ1v) is 10.8. The molecule has 0 bridgehead atoms. The van der Waals surface area contributed by atoms with Crippen molar-refractivity contribution in [2.24, 2.45) is 0 Å². The van der Waals surface area contributed by atoms with Gasteiger partial charge in [0.05, 0.1) is 0 Å². The Bertz CT molecular complexity index is 911. The summed E-state index contributed by atoms with van der Waals surface area (Å²) in [4.78, 5) is 44.9. The second-order valence-corrected chi connectivity index (χ2v) is 8.08. The lowest BCUT2D eigenvalue weighted by molar-refractivity contribution is -0.158. The molecule has 31 heavy (non-hydrogen) atoms. The molecule has 0 aliphatic carbocycles. The number of amides is 3. The fourth-order valence-corrected chi connectivity index (χ4v) is 4.08. The minimum atomic E-state index is -0.585. The molecule has 0 N–H and O–H groups in total. The Balaban J connectivity index is 1.25. The van der Waals surface area contributed by atoms with Crippen LogP contribution in [0.5, 0.6) is 0 Å². The first-order chi connectivity index (χ1) is 15.1. The van der Waals surface area contributed by atoms with E-state index in [1.165, 1.54) is 10.5 Å². The highest BCUT2D eigenvalue weighted by Gasteiger charge is 2.34. The molecule has 0 unspecified atom stereocenters. The highest BCUT2D eigenvalue weighted by Crippen LogP contribution is 2.12. The summed E-state index contributed by atoms with van der Waals surface area (Å²) in [6.07, 6.45) is 0. The van der Waals surface area contributed by atoms with Crippen LogP contribution in [0.25, 0.3) is 0 Å². The highest BCUT2D eigenvalue weighted by atomic mass is 16.2. The van der Waals surface area contributed by atoms with Crippen LogP contribution in [0.1, 0.15) is 11.1 Å². The molecular weight excluding hydrogens is 392 g/mol. The molecule has 0 aromatic heterocycles. The van der Waals surface area contributed by atoms with Crippen LogP contribution in [0.2, 0.25) is 0 Å². The maximum absolute atomic E-state index is 12.7. The van der Waals surface area contributed by atoms with Gasteiger partial charge in [-0.15, -0.1) is 0 Å². The quantitative estimate of drug-likeness (QED) is 0.659. The summed E-state index contributed by atoms with van der Waals surface area (Å²) in [5, 5.41) is 0. The molecule has 0 radical (unpaired) electrons. The Labute approximate surface area is 182 Å². The van der Waals surface area contributed by atoms with Crippen molar-refractivity contribution >= 4 is 17.7 Å². The summed E-state index contributed by atoms with van der Waals surface area (Å²) in [5.41, 5.74) is 2.25. The van der Waals surface area contributed by atoms with Gasteiger partial charge in [0, 0.05) is 52.4 Å². The Hall–Kier alpha value is -3.19. The van der Waals surface area contributed by atoms with E-state index in [2.05, 4.69) is 17.0 Å². The number of rotatable bonds is 6. The van der Waals surface area contributed by atoms with Crippen molar-refractivity contribution in [1.29, 1.82) is 0 Å². The number of benzene rings is 2. The topological polar surface area (TPSA) is 64.2 Å². The van der Waals surface area contributed by atoms with Gasteiger partial charge >= 0.3 is 11.8 Å². The van der Waals surface area contributed by atoms with E-state index in [1.807, 2.05) is 48.5 Å². The third kappa shape index (κ3) is 5.30. The van der Waals surface area contributed by atoms with Crippen LogP contribution in [-0.2, 0) is 27.5 Å². The second kappa shape index (κ2) is 9.75. The second-order valence-electron chi connectivity index (χ2n) is 8.08. The molecule has 2 aromatic carbocycles. The predicted molar refractivity (Wildman–Crippen MR) is 117 cm³/mol. The third-order valence-electron chi connectivity index (χ3n) is 5.91. The van der Waals surface area contributed by atoms with Crippen molar-refractivity contribution in [3.05, 3.63) is 71.8 Å². The van der Waals surface area contributed by atoms with Crippen LogP contribution in [0.15, 0.2) is 60.7 Å². The molecule has 2 fully saturated rings. The molecule has 0 spiro atoms. The van der Waals surface area contributed by atoms with E-state index in [0.29, 0.717) is 32.7 Å². The van der Waals surface area contributed by atoms with E-state index in [-0.39, 0.29) is 12.5 Å². The largest absolute Gasteiger partial charge is 0.339 e. The highest BCUT2D eigenvalue weighted by molar-refractivity contribution is 6.35. The summed E-state index contributed by atoms with van der Waals surface area (Å²) in [7, 11) is 0. The average molecular weight is 421 g/mol. The standard InChI is InChI=1S/C24H28N4O3/c29-22(26-13-11-25(12-14-26)17-20-7-3-1-4-8-20)19-28-16-15-27(23(30)24(28)31)18-21-9-5-2-6-10-21/h1-10H,11-19H2. The van der Waals surface area contributed by atoms with Gasteiger partial charge in [0.25, 0.3) is 0 Å². The summed E-state index contributed by atoms with van der Waals surface area (Å²) in [5.74, 6) is -1.20. The van der Waals surface area contributed by atoms with Gasteiger partial charge in [0.1, 0.15) is 6.54 Å². The zero-order chi connectivity index (χ0) is 21.6. The van der Waals surface area contributed by atoms with Gasteiger partial charge < -0.3 is 14.7 Å². The summed E-state index contributed by atoms with van der Waals surface area (Å²) in [6, 6.07) is 19.9. The molecule has 3 amide bonds. The van der Waals surface area contributed by atoms with Crippen molar-refractivity contribution in [3.63, 3.8) is 0 Å². The van der Waals surface area contributed by atoms with Crippen LogP contribution < -0.4 is 0 Å². The maximum atomic E-state index is 12.7. The molecule has 4 rings (SSSR count). The number of hydrogen-bond acceptors (Lipinski definition) is 4. The van der Waals surface area contributed by atoms with Gasteiger partial charge in [-0.3, -0.25) is 19.3 Å². The number of carbonyl (C=O) groups is 3. The van der Waals surface area contributed by atoms with Crippen molar-refractivity contribution < 1.29 is 14.4 Å². The number of hydrogen-bond donors (Lipinski definition) is 0. The number of piperazine rings is 2. The molecule has 2 heterocycles. The average Bonchev–Trinajstić information content (AvgIpc) is 2.80. The van der Waals surface area contributed by atoms with Gasteiger partial charge in [0.15, 0.2) is 0 Å². The fraction of sp³-hybridized carbons (Fsp3) is 0.375. The van der Waals surface area contributed by atoms with Crippen molar-refractivity contribution in [2.75, 3.05) is 45.8 Å². The lowest BCUT2D eigenvalue weighted by Crippen LogP contribution is -2.57. The molecule has 0 saturated carbocycles. The summed E-state index contributed by atoms with van der Waals surface area (Å²) >= 11 is 0.